The molecular formula is C29H39NO6S. The molecule has 0 radical (unpaired) electrons. The minimum Gasteiger partial charge on any atom is -0.464 e. The molecule has 8 heteroatoms. The third-order valence-corrected chi connectivity index (χ3v) is 7.62. The van der Waals surface area contributed by atoms with Gasteiger partial charge < -0.3 is 13.9 Å². The van der Waals surface area contributed by atoms with Gasteiger partial charge in [-0.1, -0.05) is 44.2 Å². The SMILES string of the molecule is CC(C)CN(CC[C@@H](COCc1ccccc1)CC(=O)OC(C)(C)C)S(=O)(=O)c1ccc2occc2c1. The van der Waals surface area contributed by atoms with Crippen molar-refractivity contribution in [2.75, 3.05) is 19.7 Å². The fraction of sp³-hybridized carbons (Fsp3) is 0.483. The number of fused-ring (bicyclic) bond motifs is 1. The van der Waals surface area contributed by atoms with Crippen molar-refractivity contribution < 1.29 is 27.1 Å². The number of nitrogens with zero attached hydrogens (tertiary/aromatic N) is 1. The van der Waals surface area contributed by atoms with Crippen LogP contribution in [-0.4, -0.2) is 44.0 Å². The van der Waals surface area contributed by atoms with E-state index in [1.807, 2.05) is 65.0 Å². The van der Waals surface area contributed by atoms with E-state index in [1.165, 1.54) is 4.31 Å². The van der Waals surface area contributed by atoms with E-state index in [4.69, 9.17) is 13.9 Å². The molecule has 0 aliphatic heterocycles. The van der Waals surface area contributed by atoms with E-state index < -0.39 is 15.6 Å². The summed E-state index contributed by atoms with van der Waals surface area (Å²) in [6, 6.07) is 16.5. The summed E-state index contributed by atoms with van der Waals surface area (Å²) in [4.78, 5) is 12.9. The van der Waals surface area contributed by atoms with Gasteiger partial charge in [-0.05, 0) is 68.9 Å². The smallest absolute Gasteiger partial charge is 0.306 e. The van der Waals surface area contributed by atoms with Crippen LogP contribution >= 0.6 is 0 Å². The minimum absolute atomic E-state index is 0.131. The molecule has 3 aromatic rings. The van der Waals surface area contributed by atoms with Gasteiger partial charge in [-0.2, -0.15) is 4.31 Å². The van der Waals surface area contributed by atoms with Crippen LogP contribution in [-0.2, 0) is 30.9 Å². The van der Waals surface area contributed by atoms with Crippen molar-refractivity contribution in [2.45, 2.75) is 64.6 Å². The van der Waals surface area contributed by atoms with Crippen LogP contribution in [0.4, 0.5) is 0 Å². The zero-order valence-corrected chi connectivity index (χ0v) is 23.3. The maximum atomic E-state index is 13.6. The second-order valence-electron chi connectivity index (χ2n) is 10.8. The number of carbonyl (C=O) groups excluding carboxylic acids is 1. The number of benzene rings is 2. The summed E-state index contributed by atoms with van der Waals surface area (Å²) in [5.74, 6) is -0.379. The summed E-state index contributed by atoms with van der Waals surface area (Å²) in [6.45, 7) is 10.9. The van der Waals surface area contributed by atoms with Crippen LogP contribution in [0.3, 0.4) is 0 Å². The maximum Gasteiger partial charge on any atom is 0.306 e. The van der Waals surface area contributed by atoms with Gasteiger partial charge in [-0.3, -0.25) is 4.79 Å². The predicted molar refractivity (Wildman–Crippen MR) is 144 cm³/mol. The molecule has 0 saturated carbocycles. The lowest BCUT2D eigenvalue weighted by molar-refractivity contribution is -0.156. The highest BCUT2D eigenvalue weighted by Crippen LogP contribution is 2.25. The molecule has 7 nitrogen and oxygen atoms in total. The molecule has 0 spiro atoms. The Hall–Kier alpha value is -2.68. The number of sulfonamides is 1. The first-order valence-corrected chi connectivity index (χ1v) is 14.2. The molecule has 0 aliphatic rings. The van der Waals surface area contributed by atoms with Crippen molar-refractivity contribution >= 4 is 27.0 Å². The summed E-state index contributed by atoms with van der Waals surface area (Å²) >= 11 is 0. The molecule has 2 aromatic carbocycles. The van der Waals surface area contributed by atoms with Crippen molar-refractivity contribution in [3.8, 4) is 0 Å². The second-order valence-corrected chi connectivity index (χ2v) is 12.8. The average Bonchev–Trinajstić information content (AvgIpc) is 3.28. The maximum absolute atomic E-state index is 13.6. The molecule has 1 heterocycles. The van der Waals surface area contributed by atoms with E-state index in [1.54, 1.807) is 30.5 Å². The van der Waals surface area contributed by atoms with Gasteiger partial charge >= 0.3 is 5.97 Å². The van der Waals surface area contributed by atoms with Gasteiger partial charge in [-0.25, -0.2) is 8.42 Å². The van der Waals surface area contributed by atoms with Crippen LogP contribution < -0.4 is 0 Å². The number of furan rings is 1. The quantitative estimate of drug-likeness (QED) is 0.251. The lowest BCUT2D eigenvalue weighted by Crippen LogP contribution is -2.36. The van der Waals surface area contributed by atoms with Gasteiger partial charge in [0.05, 0.1) is 30.8 Å². The van der Waals surface area contributed by atoms with Crippen molar-refractivity contribution in [3.63, 3.8) is 0 Å². The molecule has 0 fully saturated rings. The Morgan fingerprint density at radius 1 is 1.05 bits per heavy atom. The largest absolute Gasteiger partial charge is 0.464 e. The lowest BCUT2D eigenvalue weighted by atomic mass is 10.0. The van der Waals surface area contributed by atoms with E-state index in [-0.39, 0.29) is 35.7 Å². The Balaban J connectivity index is 1.74. The van der Waals surface area contributed by atoms with E-state index in [0.29, 0.717) is 31.8 Å². The fourth-order valence-corrected chi connectivity index (χ4v) is 5.73. The monoisotopic (exact) mass is 529 g/mol. The summed E-state index contributed by atoms with van der Waals surface area (Å²) in [7, 11) is -3.75. The van der Waals surface area contributed by atoms with Gasteiger partial charge in [0.1, 0.15) is 11.2 Å². The van der Waals surface area contributed by atoms with E-state index in [2.05, 4.69) is 0 Å². The standard InChI is InChI=1S/C29H39NO6S/c1-22(2)19-30(37(32,33)26-11-12-27-25(18-26)14-16-35-27)15-13-24(17-28(31)36-29(3,4)5)21-34-20-23-9-7-6-8-10-23/h6-12,14,16,18,22,24H,13,15,17,19-21H2,1-5H3/t24-/m1/s1. The number of rotatable bonds is 13. The zero-order chi connectivity index (χ0) is 27.1. The minimum atomic E-state index is -3.75. The van der Waals surface area contributed by atoms with Crippen LogP contribution in [0.15, 0.2) is 70.2 Å². The molecule has 3 rings (SSSR count). The van der Waals surface area contributed by atoms with Crippen molar-refractivity contribution in [1.82, 2.24) is 4.31 Å². The number of ether oxygens (including phenoxy) is 2. The van der Waals surface area contributed by atoms with Crippen LogP contribution in [0, 0.1) is 11.8 Å². The fourth-order valence-electron chi connectivity index (χ4n) is 4.08. The van der Waals surface area contributed by atoms with Crippen LogP contribution in [0.25, 0.3) is 11.0 Å². The molecule has 0 aliphatic carbocycles. The molecule has 0 amide bonds. The molecule has 1 atom stereocenters. The number of esters is 1. The Kier molecular flexibility index (Phi) is 9.93. The highest BCUT2D eigenvalue weighted by atomic mass is 32.2. The van der Waals surface area contributed by atoms with Crippen molar-refractivity contribution in [1.29, 1.82) is 0 Å². The molecule has 37 heavy (non-hydrogen) atoms. The van der Waals surface area contributed by atoms with Gasteiger partial charge in [-0.15, -0.1) is 0 Å². The molecule has 0 unspecified atom stereocenters. The van der Waals surface area contributed by atoms with Crippen molar-refractivity contribution in [2.24, 2.45) is 11.8 Å². The first-order chi connectivity index (χ1) is 17.4. The number of carbonyl (C=O) groups is 1. The van der Waals surface area contributed by atoms with Gasteiger partial charge in [0, 0.05) is 18.5 Å². The van der Waals surface area contributed by atoms with Crippen molar-refractivity contribution in [3.05, 3.63) is 66.4 Å². The highest BCUT2D eigenvalue weighted by molar-refractivity contribution is 7.89. The predicted octanol–water partition coefficient (Wildman–Crippen LogP) is 6.03. The normalized spacial score (nSPS) is 13.4. The molecule has 0 bridgehead atoms. The first-order valence-electron chi connectivity index (χ1n) is 12.7. The highest BCUT2D eigenvalue weighted by Gasteiger charge is 2.28. The summed E-state index contributed by atoms with van der Waals surface area (Å²) < 4.78 is 45.6. The summed E-state index contributed by atoms with van der Waals surface area (Å²) in [5, 5.41) is 0.739. The summed E-state index contributed by atoms with van der Waals surface area (Å²) in [5.41, 5.74) is 1.09. The molecular weight excluding hydrogens is 490 g/mol. The molecule has 1 aromatic heterocycles. The topological polar surface area (TPSA) is 86.0 Å². The second kappa shape index (κ2) is 12.7. The first kappa shape index (κ1) is 28.9. The Morgan fingerprint density at radius 2 is 1.78 bits per heavy atom. The summed E-state index contributed by atoms with van der Waals surface area (Å²) in [6.07, 6.45) is 2.17. The third-order valence-electron chi connectivity index (χ3n) is 5.76. The Morgan fingerprint density at radius 3 is 2.46 bits per heavy atom. The van der Waals surface area contributed by atoms with Gasteiger partial charge in [0.15, 0.2) is 0 Å². The average molecular weight is 530 g/mol. The Bertz CT molecular complexity index is 1240. The lowest BCUT2D eigenvalue weighted by Gasteiger charge is -2.27. The van der Waals surface area contributed by atoms with Crippen LogP contribution in [0.1, 0.15) is 53.0 Å². The number of hydrogen-bond acceptors (Lipinski definition) is 6. The zero-order valence-electron chi connectivity index (χ0n) is 22.5. The van der Waals surface area contributed by atoms with E-state index >= 15 is 0 Å². The van der Waals surface area contributed by atoms with E-state index in [0.717, 1.165) is 10.9 Å². The third kappa shape index (κ3) is 8.98. The van der Waals surface area contributed by atoms with Gasteiger partial charge in [0.25, 0.3) is 0 Å². The molecule has 0 saturated heterocycles. The van der Waals surface area contributed by atoms with E-state index in [9.17, 15) is 13.2 Å². The van der Waals surface area contributed by atoms with Crippen LogP contribution in [0.5, 0.6) is 0 Å². The molecule has 202 valence electrons. The molecule has 0 N–H and O–H groups in total. The number of hydrogen-bond donors (Lipinski definition) is 0. The van der Waals surface area contributed by atoms with Crippen LogP contribution in [0.2, 0.25) is 0 Å². The van der Waals surface area contributed by atoms with Gasteiger partial charge in [0.2, 0.25) is 10.0 Å². The Labute approximate surface area is 220 Å².